The van der Waals surface area contributed by atoms with Crippen molar-refractivity contribution in [2.45, 2.75) is 0 Å². The van der Waals surface area contributed by atoms with E-state index in [4.69, 9.17) is 5.73 Å². The van der Waals surface area contributed by atoms with Crippen LogP contribution in [0.5, 0.6) is 0 Å². The molecule has 0 unspecified atom stereocenters. The van der Waals surface area contributed by atoms with Gasteiger partial charge in [-0.2, -0.15) is 0 Å². The zero-order valence-electron chi connectivity index (χ0n) is 10.1. The van der Waals surface area contributed by atoms with Gasteiger partial charge in [0.2, 0.25) is 0 Å². The summed E-state index contributed by atoms with van der Waals surface area (Å²) in [6, 6.07) is 13.1. The van der Waals surface area contributed by atoms with Crippen LogP contribution in [0.4, 0.5) is 17.1 Å². The van der Waals surface area contributed by atoms with Crippen LogP contribution in [0.3, 0.4) is 0 Å². The molecule has 3 rings (SSSR count). The summed E-state index contributed by atoms with van der Waals surface area (Å²) in [5.74, 6) is 0. The van der Waals surface area contributed by atoms with Crippen LogP contribution in [0, 0.1) is 0 Å². The van der Waals surface area contributed by atoms with Crippen molar-refractivity contribution in [2.24, 2.45) is 0 Å². The highest BCUT2D eigenvalue weighted by Crippen LogP contribution is 2.26. The standard InChI is InChI=1S/C14H12N4O/c15-10-6-7-11(18-9-4-2-1-3-5-9)12-13(10)16-8-17-14(12)19/h1-8,18H,15H2,(H,16,17,19). The Morgan fingerprint density at radius 1 is 1.11 bits per heavy atom. The molecule has 0 atom stereocenters. The van der Waals surface area contributed by atoms with Gasteiger partial charge >= 0.3 is 0 Å². The molecule has 0 bridgehead atoms. The summed E-state index contributed by atoms with van der Waals surface area (Å²) in [7, 11) is 0. The van der Waals surface area contributed by atoms with Crippen LogP contribution in [0.1, 0.15) is 0 Å². The monoisotopic (exact) mass is 252 g/mol. The minimum Gasteiger partial charge on any atom is -0.397 e. The van der Waals surface area contributed by atoms with Crippen LogP contribution >= 0.6 is 0 Å². The van der Waals surface area contributed by atoms with Gasteiger partial charge in [-0.05, 0) is 24.3 Å². The quantitative estimate of drug-likeness (QED) is 0.611. The molecule has 4 N–H and O–H groups in total. The molecule has 94 valence electrons. The molecule has 0 radical (unpaired) electrons. The average molecular weight is 252 g/mol. The Labute approximate surface area is 109 Å². The van der Waals surface area contributed by atoms with E-state index >= 15 is 0 Å². The lowest BCUT2D eigenvalue weighted by Crippen LogP contribution is -2.10. The highest BCUT2D eigenvalue weighted by Gasteiger charge is 2.09. The first kappa shape index (κ1) is 11.3. The van der Waals surface area contributed by atoms with Crippen molar-refractivity contribution in [3.63, 3.8) is 0 Å². The molecule has 0 fully saturated rings. The van der Waals surface area contributed by atoms with Gasteiger partial charge in [0.05, 0.1) is 23.1 Å². The highest BCUT2D eigenvalue weighted by molar-refractivity contribution is 5.98. The fourth-order valence-electron chi connectivity index (χ4n) is 1.98. The van der Waals surface area contributed by atoms with Crippen molar-refractivity contribution in [1.29, 1.82) is 0 Å². The van der Waals surface area contributed by atoms with Gasteiger partial charge in [0.1, 0.15) is 5.52 Å². The number of fused-ring (bicyclic) bond motifs is 1. The van der Waals surface area contributed by atoms with Gasteiger partial charge < -0.3 is 16.0 Å². The Balaban J connectivity index is 2.20. The number of nitrogens with one attached hydrogen (secondary N) is 2. The minimum atomic E-state index is -0.212. The number of benzene rings is 2. The Morgan fingerprint density at radius 3 is 2.68 bits per heavy atom. The zero-order chi connectivity index (χ0) is 13.2. The molecule has 0 amide bonds. The molecule has 0 aliphatic heterocycles. The topological polar surface area (TPSA) is 83.8 Å². The fourth-order valence-corrected chi connectivity index (χ4v) is 1.98. The third kappa shape index (κ3) is 2.01. The largest absolute Gasteiger partial charge is 0.397 e. The molecule has 5 nitrogen and oxygen atoms in total. The van der Waals surface area contributed by atoms with E-state index in [1.807, 2.05) is 30.3 Å². The molecule has 1 aromatic heterocycles. The maximum Gasteiger partial charge on any atom is 0.260 e. The number of hydrogen-bond donors (Lipinski definition) is 3. The van der Waals surface area contributed by atoms with Crippen molar-refractivity contribution in [3.8, 4) is 0 Å². The van der Waals surface area contributed by atoms with Gasteiger partial charge in [-0.1, -0.05) is 18.2 Å². The molecule has 0 saturated carbocycles. The summed E-state index contributed by atoms with van der Waals surface area (Å²) in [6.07, 6.45) is 1.35. The van der Waals surface area contributed by atoms with Crippen molar-refractivity contribution >= 4 is 28.0 Å². The van der Waals surface area contributed by atoms with Gasteiger partial charge in [0, 0.05) is 5.69 Å². The third-order valence-corrected chi connectivity index (χ3v) is 2.88. The Bertz CT molecular complexity index is 780. The van der Waals surface area contributed by atoms with Crippen molar-refractivity contribution < 1.29 is 0 Å². The zero-order valence-corrected chi connectivity index (χ0v) is 10.1. The number of aromatic amines is 1. The lowest BCUT2D eigenvalue weighted by Gasteiger charge is -2.09. The molecule has 1 heterocycles. The molecule has 3 aromatic rings. The molecule has 0 aliphatic rings. The molecule has 0 saturated heterocycles. The number of nitrogens with zero attached hydrogens (tertiary/aromatic N) is 1. The van der Waals surface area contributed by atoms with E-state index in [1.54, 1.807) is 12.1 Å². The first-order valence-electron chi connectivity index (χ1n) is 5.83. The Hall–Kier alpha value is -2.82. The molecule has 5 heteroatoms. The Kier molecular flexibility index (Phi) is 2.64. The SMILES string of the molecule is Nc1ccc(Nc2ccccc2)c2c(=O)[nH]cnc12. The number of para-hydroxylation sites is 1. The van der Waals surface area contributed by atoms with Crippen molar-refractivity contribution in [1.82, 2.24) is 9.97 Å². The predicted molar refractivity (Wildman–Crippen MR) is 76.5 cm³/mol. The number of hydrogen-bond acceptors (Lipinski definition) is 4. The molecule has 2 aromatic carbocycles. The smallest absolute Gasteiger partial charge is 0.260 e. The van der Waals surface area contributed by atoms with Crippen LogP contribution < -0.4 is 16.6 Å². The number of H-pyrrole nitrogens is 1. The number of anilines is 3. The summed E-state index contributed by atoms with van der Waals surface area (Å²) >= 11 is 0. The lowest BCUT2D eigenvalue weighted by atomic mass is 10.1. The summed E-state index contributed by atoms with van der Waals surface area (Å²) in [5.41, 5.74) is 8.21. The summed E-state index contributed by atoms with van der Waals surface area (Å²) in [6.45, 7) is 0. The van der Waals surface area contributed by atoms with E-state index in [0.717, 1.165) is 5.69 Å². The average Bonchev–Trinajstić information content (AvgIpc) is 2.43. The molecular formula is C14H12N4O. The van der Waals surface area contributed by atoms with E-state index in [0.29, 0.717) is 22.3 Å². The minimum absolute atomic E-state index is 0.212. The summed E-state index contributed by atoms with van der Waals surface area (Å²) < 4.78 is 0. The van der Waals surface area contributed by atoms with Gasteiger partial charge in [-0.15, -0.1) is 0 Å². The third-order valence-electron chi connectivity index (χ3n) is 2.88. The Morgan fingerprint density at radius 2 is 1.89 bits per heavy atom. The molecule has 19 heavy (non-hydrogen) atoms. The van der Waals surface area contributed by atoms with Crippen molar-refractivity contribution in [3.05, 3.63) is 59.1 Å². The number of nitrogen functional groups attached to an aromatic ring is 1. The summed E-state index contributed by atoms with van der Waals surface area (Å²) in [5, 5.41) is 3.66. The van der Waals surface area contributed by atoms with E-state index in [-0.39, 0.29) is 5.56 Å². The molecular weight excluding hydrogens is 240 g/mol. The second kappa shape index (κ2) is 4.45. The van der Waals surface area contributed by atoms with Crippen molar-refractivity contribution in [2.75, 3.05) is 11.1 Å². The van der Waals surface area contributed by atoms with E-state index in [9.17, 15) is 4.79 Å². The predicted octanol–water partition coefficient (Wildman–Crippen LogP) is 2.25. The highest BCUT2D eigenvalue weighted by atomic mass is 16.1. The molecule has 0 spiro atoms. The number of rotatable bonds is 2. The van der Waals surface area contributed by atoms with Crippen LogP contribution in [0.25, 0.3) is 10.9 Å². The second-order valence-electron chi connectivity index (χ2n) is 4.15. The second-order valence-corrected chi connectivity index (χ2v) is 4.15. The summed E-state index contributed by atoms with van der Waals surface area (Å²) in [4.78, 5) is 18.6. The van der Waals surface area contributed by atoms with Crippen LogP contribution in [0.15, 0.2) is 53.6 Å². The van der Waals surface area contributed by atoms with Crippen LogP contribution in [-0.2, 0) is 0 Å². The molecule has 0 aliphatic carbocycles. The normalized spacial score (nSPS) is 10.5. The maximum atomic E-state index is 12.0. The fraction of sp³-hybridized carbons (Fsp3) is 0. The van der Waals surface area contributed by atoms with E-state index < -0.39 is 0 Å². The first-order chi connectivity index (χ1) is 9.25. The van der Waals surface area contributed by atoms with Gasteiger partial charge in [-0.3, -0.25) is 4.79 Å². The first-order valence-corrected chi connectivity index (χ1v) is 5.83. The van der Waals surface area contributed by atoms with Crippen LogP contribution in [0.2, 0.25) is 0 Å². The lowest BCUT2D eigenvalue weighted by molar-refractivity contribution is 1.17. The van der Waals surface area contributed by atoms with Crippen LogP contribution in [-0.4, -0.2) is 9.97 Å². The number of nitrogens with two attached hydrogens (primary N) is 1. The van der Waals surface area contributed by atoms with Gasteiger partial charge in [0.25, 0.3) is 5.56 Å². The van der Waals surface area contributed by atoms with E-state index in [2.05, 4.69) is 15.3 Å². The number of aromatic nitrogens is 2. The van der Waals surface area contributed by atoms with Gasteiger partial charge in [-0.25, -0.2) is 4.98 Å². The maximum absolute atomic E-state index is 12.0. The van der Waals surface area contributed by atoms with Gasteiger partial charge in [0.15, 0.2) is 0 Å². The van der Waals surface area contributed by atoms with E-state index in [1.165, 1.54) is 6.33 Å².